The van der Waals surface area contributed by atoms with Crippen molar-refractivity contribution in [1.82, 2.24) is 15.2 Å². The average Bonchev–Trinajstić information content (AvgIpc) is 3.27. The molecule has 6 heteroatoms. The number of hydrogen-bond donors (Lipinski definition) is 1. The maximum atomic E-state index is 6.21. The predicted molar refractivity (Wildman–Crippen MR) is 107 cm³/mol. The van der Waals surface area contributed by atoms with E-state index in [9.17, 15) is 0 Å². The van der Waals surface area contributed by atoms with E-state index in [2.05, 4.69) is 22.1 Å². The van der Waals surface area contributed by atoms with Crippen molar-refractivity contribution >= 4 is 28.9 Å². The fourth-order valence-electron chi connectivity index (χ4n) is 3.34. The van der Waals surface area contributed by atoms with Crippen LogP contribution in [0.25, 0.3) is 11.3 Å². The number of nitrogens with zero attached hydrogens (tertiary/aromatic N) is 2. The predicted octanol–water partition coefficient (Wildman–Crippen LogP) is 4.99. The van der Waals surface area contributed by atoms with Crippen molar-refractivity contribution in [1.29, 1.82) is 0 Å². The molecule has 0 saturated carbocycles. The van der Waals surface area contributed by atoms with Crippen molar-refractivity contribution in [3.63, 3.8) is 0 Å². The largest absolute Gasteiger partial charge is 0.459 e. The van der Waals surface area contributed by atoms with Crippen LogP contribution in [0.15, 0.2) is 65.2 Å². The summed E-state index contributed by atoms with van der Waals surface area (Å²) in [6, 6.07) is 17.5. The normalized spacial score (nSPS) is 19.6. The molecular formula is C20H18ClN3OS. The molecule has 2 aromatic heterocycles. The lowest BCUT2D eigenvalue weighted by molar-refractivity contribution is 0.284. The van der Waals surface area contributed by atoms with E-state index in [0.717, 1.165) is 34.4 Å². The first-order valence-corrected chi connectivity index (χ1v) is 9.29. The van der Waals surface area contributed by atoms with E-state index in [1.54, 1.807) is 6.20 Å². The zero-order chi connectivity index (χ0) is 18.1. The lowest BCUT2D eigenvalue weighted by Gasteiger charge is -2.24. The van der Waals surface area contributed by atoms with Crippen LogP contribution >= 0.6 is 23.8 Å². The molecule has 0 unspecified atom stereocenters. The third kappa shape index (κ3) is 3.08. The number of nitrogens with one attached hydrogen (secondary N) is 1. The molecule has 1 saturated heterocycles. The number of likely N-dealkylation sites (N-methyl/N-ethyl adjacent to an activating group) is 1. The molecule has 2 atom stereocenters. The van der Waals surface area contributed by atoms with E-state index in [4.69, 9.17) is 28.2 Å². The topological polar surface area (TPSA) is 41.3 Å². The van der Waals surface area contributed by atoms with Gasteiger partial charge in [-0.3, -0.25) is 4.98 Å². The first kappa shape index (κ1) is 17.1. The van der Waals surface area contributed by atoms with Gasteiger partial charge >= 0.3 is 0 Å². The minimum atomic E-state index is -0.0483. The second-order valence-corrected chi connectivity index (χ2v) is 6.94. The molecule has 1 aliphatic heterocycles. The molecule has 1 N–H and O–H groups in total. The quantitative estimate of drug-likeness (QED) is 0.643. The minimum Gasteiger partial charge on any atom is -0.459 e. The Morgan fingerprint density at radius 3 is 2.65 bits per heavy atom. The van der Waals surface area contributed by atoms with Gasteiger partial charge in [-0.1, -0.05) is 17.7 Å². The molecule has 1 fully saturated rings. The van der Waals surface area contributed by atoms with Crippen molar-refractivity contribution in [3.8, 4) is 11.3 Å². The van der Waals surface area contributed by atoms with E-state index in [1.807, 2.05) is 54.6 Å². The zero-order valence-corrected chi connectivity index (χ0v) is 15.8. The molecule has 4 nitrogen and oxygen atoms in total. The van der Waals surface area contributed by atoms with E-state index in [1.165, 1.54) is 0 Å². The highest BCUT2D eigenvalue weighted by molar-refractivity contribution is 7.80. The number of aromatic nitrogens is 1. The summed E-state index contributed by atoms with van der Waals surface area (Å²) in [5.41, 5.74) is 1.94. The third-order valence-corrected chi connectivity index (χ3v) is 5.19. The number of pyridine rings is 1. The molecule has 0 spiro atoms. The van der Waals surface area contributed by atoms with Crippen LogP contribution in [0, 0.1) is 0 Å². The molecule has 132 valence electrons. The summed E-state index contributed by atoms with van der Waals surface area (Å²) in [6.07, 6.45) is 1.80. The van der Waals surface area contributed by atoms with Crippen molar-refractivity contribution in [2.45, 2.75) is 19.0 Å². The summed E-state index contributed by atoms with van der Waals surface area (Å²) in [4.78, 5) is 6.65. The van der Waals surface area contributed by atoms with Crippen LogP contribution in [0.5, 0.6) is 0 Å². The first-order valence-electron chi connectivity index (χ1n) is 8.51. The highest BCUT2D eigenvalue weighted by atomic mass is 35.5. The van der Waals surface area contributed by atoms with E-state index < -0.39 is 0 Å². The molecule has 1 aromatic carbocycles. The van der Waals surface area contributed by atoms with Crippen LogP contribution in [0.4, 0.5) is 0 Å². The number of thiocarbonyl (C=S) groups is 1. The molecule has 3 aromatic rings. The smallest absolute Gasteiger partial charge is 0.170 e. The Kier molecular flexibility index (Phi) is 4.66. The third-order valence-electron chi connectivity index (χ3n) is 4.59. The van der Waals surface area contributed by atoms with Crippen LogP contribution in [0.1, 0.15) is 30.5 Å². The molecule has 0 amide bonds. The molecular weight excluding hydrogens is 366 g/mol. The fourth-order valence-corrected chi connectivity index (χ4v) is 3.83. The highest BCUT2D eigenvalue weighted by Gasteiger charge is 2.40. The van der Waals surface area contributed by atoms with Gasteiger partial charge in [0.1, 0.15) is 17.6 Å². The average molecular weight is 384 g/mol. The van der Waals surface area contributed by atoms with Gasteiger partial charge in [-0.25, -0.2) is 0 Å². The van der Waals surface area contributed by atoms with Crippen molar-refractivity contribution < 1.29 is 4.42 Å². The number of benzene rings is 1. The van der Waals surface area contributed by atoms with Gasteiger partial charge in [-0.05, 0) is 67.7 Å². The van der Waals surface area contributed by atoms with Gasteiger partial charge in [0.15, 0.2) is 5.11 Å². The molecule has 1 aliphatic rings. The Morgan fingerprint density at radius 2 is 1.96 bits per heavy atom. The van der Waals surface area contributed by atoms with E-state index >= 15 is 0 Å². The second kappa shape index (κ2) is 7.09. The van der Waals surface area contributed by atoms with E-state index in [-0.39, 0.29) is 12.1 Å². The van der Waals surface area contributed by atoms with Crippen molar-refractivity contribution in [2.24, 2.45) is 0 Å². The van der Waals surface area contributed by atoms with Gasteiger partial charge < -0.3 is 14.6 Å². The molecule has 26 heavy (non-hydrogen) atoms. The van der Waals surface area contributed by atoms with Crippen LogP contribution in [-0.4, -0.2) is 21.5 Å². The fraction of sp³-hybridized carbons (Fsp3) is 0.200. The van der Waals surface area contributed by atoms with Gasteiger partial charge in [-0.2, -0.15) is 0 Å². The van der Waals surface area contributed by atoms with Gasteiger partial charge in [-0.15, -0.1) is 0 Å². The van der Waals surface area contributed by atoms with Gasteiger partial charge in [0.2, 0.25) is 0 Å². The number of hydrogen-bond acceptors (Lipinski definition) is 3. The summed E-state index contributed by atoms with van der Waals surface area (Å²) >= 11 is 11.5. The standard InChI is InChI=1S/C20H18ClN3OS/c1-2-24-19(18(23-20(24)26)15-5-3-4-12-22-15)17-11-10-16(25-17)13-6-8-14(21)9-7-13/h3-12,18-19H,2H2,1H3,(H,23,26)/t18-,19-/m0/s1. The maximum absolute atomic E-state index is 6.21. The molecule has 4 rings (SSSR count). The number of rotatable bonds is 4. The Bertz CT molecular complexity index is 910. The second-order valence-electron chi connectivity index (χ2n) is 6.12. The van der Waals surface area contributed by atoms with Crippen molar-refractivity contribution in [3.05, 3.63) is 77.3 Å². The van der Waals surface area contributed by atoms with Crippen molar-refractivity contribution in [2.75, 3.05) is 6.54 Å². The highest BCUT2D eigenvalue weighted by Crippen LogP contribution is 2.40. The Balaban J connectivity index is 1.71. The molecule has 0 bridgehead atoms. The summed E-state index contributed by atoms with van der Waals surface area (Å²) in [7, 11) is 0. The van der Waals surface area contributed by atoms with Crippen LogP contribution in [0.3, 0.4) is 0 Å². The summed E-state index contributed by atoms with van der Waals surface area (Å²) in [5.74, 6) is 1.67. The Morgan fingerprint density at radius 1 is 1.15 bits per heavy atom. The lowest BCUT2D eigenvalue weighted by atomic mass is 10.0. The summed E-state index contributed by atoms with van der Waals surface area (Å²) in [5, 5.41) is 4.82. The van der Waals surface area contributed by atoms with Crippen LogP contribution in [0.2, 0.25) is 5.02 Å². The summed E-state index contributed by atoms with van der Waals surface area (Å²) in [6.45, 7) is 2.88. The minimum absolute atomic E-state index is 0.0385. The van der Waals surface area contributed by atoms with Crippen LogP contribution < -0.4 is 5.32 Å². The molecule has 0 aliphatic carbocycles. The molecule has 3 heterocycles. The van der Waals surface area contributed by atoms with Gasteiger partial charge in [0.25, 0.3) is 0 Å². The molecule has 0 radical (unpaired) electrons. The zero-order valence-electron chi connectivity index (χ0n) is 14.2. The lowest BCUT2D eigenvalue weighted by Crippen LogP contribution is -2.29. The van der Waals surface area contributed by atoms with Crippen LogP contribution in [-0.2, 0) is 0 Å². The summed E-state index contributed by atoms with van der Waals surface area (Å²) < 4.78 is 6.21. The Hall–Kier alpha value is -2.37. The first-order chi connectivity index (χ1) is 12.7. The number of halogens is 1. The van der Waals surface area contributed by atoms with E-state index in [0.29, 0.717) is 5.02 Å². The number of furan rings is 1. The SMILES string of the molecule is CCN1C(=S)N[C@@H](c2ccccn2)[C@@H]1c1ccc(-c2ccc(Cl)cc2)o1. The van der Waals surface area contributed by atoms with Gasteiger partial charge in [0.05, 0.1) is 11.7 Å². The van der Waals surface area contributed by atoms with Gasteiger partial charge in [0, 0.05) is 23.3 Å². The Labute approximate surface area is 162 Å². The maximum Gasteiger partial charge on any atom is 0.170 e. The monoisotopic (exact) mass is 383 g/mol.